The van der Waals surface area contributed by atoms with Crippen molar-refractivity contribution in [1.82, 2.24) is 14.9 Å². The predicted octanol–water partition coefficient (Wildman–Crippen LogP) is 0.463. The highest BCUT2D eigenvalue weighted by atomic mass is 32.1. The molecule has 4 amide bonds. The second-order valence-corrected chi connectivity index (χ2v) is 7.02. The van der Waals surface area contributed by atoms with E-state index in [0.717, 1.165) is 17.0 Å². The number of anilines is 2. The summed E-state index contributed by atoms with van der Waals surface area (Å²) in [4.78, 5) is 47.2. The van der Waals surface area contributed by atoms with Gasteiger partial charge in [-0.25, -0.2) is 14.8 Å². The van der Waals surface area contributed by atoms with E-state index in [4.69, 9.17) is 11.5 Å². The highest BCUT2D eigenvalue weighted by Gasteiger charge is 2.20. The normalized spacial score (nSPS) is 14.1. The monoisotopic (exact) mass is 389 g/mol. The highest BCUT2D eigenvalue weighted by molar-refractivity contribution is 7.20. The van der Waals surface area contributed by atoms with Gasteiger partial charge in [0.15, 0.2) is 5.82 Å². The molecule has 2 aromatic heterocycles. The average Bonchev–Trinajstić information content (AvgIpc) is 3.05. The minimum Gasteiger partial charge on any atom is -0.366 e. The molecule has 0 aliphatic carbocycles. The van der Waals surface area contributed by atoms with Crippen LogP contribution in [0.25, 0.3) is 10.7 Å². The van der Waals surface area contributed by atoms with E-state index in [1.807, 2.05) is 0 Å². The van der Waals surface area contributed by atoms with Crippen molar-refractivity contribution in [2.75, 3.05) is 36.4 Å². The third-order valence-corrected chi connectivity index (χ3v) is 5.23. The molecule has 11 heteroatoms. The first-order chi connectivity index (χ1) is 12.8. The summed E-state index contributed by atoms with van der Waals surface area (Å²) in [6, 6.07) is 0.741. The van der Waals surface area contributed by atoms with Gasteiger partial charge in [-0.2, -0.15) is 0 Å². The Kier molecular flexibility index (Phi) is 5.21. The number of carbonyl (C=O) groups excluding carboxylic acids is 3. The summed E-state index contributed by atoms with van der Waals surface area (Å²) in [6.07, 6.45) is 3.38. The van der Waals surface area contributed by atoms with Gasteiger partial charge in [0.2, 0.25) is 5.91 Å². The maximum atomic E-state index is 11.5. The van der Waals surface area contributed by atoms with Crippen molar-refractivity contribution in [1.29, 1.82) is 0 Å². The second-order valence-electron chi connectivity index (χ2n) is 5.96. The van der Waals surface area contributed by atoms with Crippen LogP contribution in [0.3, 0.4) is 0 Å². The average molecular weight is 389 g/mol. The van der Waals surface area contributed by atoms with Crippen molar-refractivity contribution in [2.24, 2.45) is 11.5 Å². The Morgan fingerprint density at radius 1 is 1.11 bits per heavy atom. The summed E-state index contributed by atoms with van der Waals surface area (Å²) in [5.41, 5.74) is 11.5. The maximum Gasteiger partial charge on any atom is 0.317 e. The third kappa shape index (κ3) is 4.14. The molecule has 1 fully saturated rings. The third-order valence-electron chi connectivity index (χ3n) is 4.18. The quantitative estimate of drug-likeness (QED) is 0.692. The van der Waals surface area contributed by atoms with Crippen molar-refractivity contribution in [2.45, 2.75) is 6.92 Å². The first kappa shape index (κ1) is 18.6. The zero-order valence-electron chi connectivity index (χ0n) is 14.6. The van der Waals surface area contributed by atoms with Gasteiger partial charge in [0, 0.05) is 33.1 Å². The summed E-state index contributed by atoms with van der Waals surface area (Å²) in [6.45, 7) is 4.30. The standard InChI is InChI=1S/C16H19N7O3S/c1-9(24)22-2-4-23(5-3-22)10-7-19-14(20-8-10)12-6-11(13(17)25)15(27-12)21-16(18)26/h6-8H,2-5H2,1H3,(H2,17,25)(H3,18,21,26). The fourth-order valence-corrected chi connectivity index (χ4v) is 3.79. The lowest BCUT2D eigenvalue weighted by Gasteiger charge is -2.35. The van der Waals surface area contributed by atoms with Gasteiger partial charge >= 0.3 is 6.03 Å². The van der Waals surface area contributed by atoms with Gasteiger partial charge in [-0.05, 0) is 6.07 Å². The zero-order valence-corrected chi connectivity index (χ0v) is 15.5. The molecule has 0 radical (unpaired) electrons. The molecule has 3 heterocycles. The number of hydrogen-bond acceptors (Lipinski definition) is 7. The molecule has 5 N–H and O–H groups in total. The number of urea groups is 1. The number of carbonyl (C=O) groups is 3. The lowest BCUT2D eigenvalue weighted by molar-refractivity contribution is -0.129. The molecule has 3 rings (SSSR count). The summed E-state index contributed by atoms with van der Waals surface area (Å²) in [7, 11) is 0. The van der Waals surface area contributed by atoms with Crippen molar-refractivity contribution in [3.63, 3.8) is 0 Å². The minimum atomic E-state index is -0.785. The van der Waals surface area contributed by atoms with Gasteiger partial charge in [0.1, 0.15) is 5.00 Å². The molecular formula is C16H19N7O3S. The largest absolute Gasteiger partial charge is 0.366 e. The summed E-state index contributed by atoms with van der Waals surface area (Å²) in [5.74, 6) is -0.197. The van der Waals surface area contributed by atoms with Crippen molar-refractivity contribution in [3.8, 4) is 10.7 Å². The molecule has 0 bridgehead atoms. The van der Waals surface area contributed by atoms with Crippen LogP contribution in [-0.2, 0) is 4.79 Å². The molecule has 10 nitrogen and oxygen atoms in total. The lowest BCUT2D eigenvalue weighted by atomic mass is 10.2. The SMILES string of the molecule is CC(=O)N1CCN(c2cnc(-c3cc(C(N)=O)c(NC(N)=O)s3)nc2)CC1. The molecular weight excluding hydrogens is 370 g/mol. The molecule has 1 aliphatic heterocycles. The van der Waals surface area contributed by atoms with E-state index in [2.05, 4.69) is 20.2 Å². The lowest BCUT2D eigenvalue weighted by Crippen LogP contribution is -2.48. The molecule has 0 aromatic carbocycles. The molecule has 0 unspecified atom stereocenters. The number of hydrogen-bond donors (Lipinski definition) is 3. The minimum absolute atomic E-state index is 0.0737. The number of primary amides is 2. The van der Waals surface area contributed by atoms with E-state index in [9.17, 15) is 14.4 Å². The smallest absolute Gasteiger partial charge is 0.317 e. The highest BCUT2D eigenvalue weighted by Crippen LogP contribution is 2.33. The molecule has 0 saturated carbocycles. The van der Waals surface area contributed by atoms with Crippen molar-refractivity contribution in [3.05, 3.63) is 24.0 Å². The fourth-order valence-electron chi connectivity index (χ4n) is 2.78. The van der Waals surface area contributed by atoms with Crippen LogP contribution in [0.5, 0.6) is 0 Å². The van der Waals surface area contributed by atoms with Gasteiger partial charge in [-0.3, -0.25) is 14.9 Å². The summed E-state index contributed by atoms with van der Waals surface area (Å²) in [5, 5.41) is 2.64. The molecule has 142 valence electrons. The molecule has 1 saturated heterocycles. The van der Waals surface area contributed by atoms with Crippen LogP contribution in [0.15, 0.2) is 18.5 Å². The predicted molar refractivity (Wildman–Crippen MR) is 102 cm³/mol. The Bertz CT molecular complexity index is 873. The van der Waals surface area contributed by atoms with Crippen LogP contribution in [-0.4, -0.2) is 58.9 Å². The Balaban J connectivity index is 1.77. The number of nitrogens with two attached hydrogens (primary N) is 2. The van der Waals surface area contributed by atoms with Crippen LogP contribution in [0, 0.1) is 0 Å². The molecule has 0 spiro atoms. The van der Waals surface area contributed by atoms with E-state index in [-0.39, 0.29) is 16.5 Å². The van der Waals surface area contributed by atoms with Crippen LogP contribution < -0.4 is 21.7 Å². The summed E-state index contributed by atoms with van der Waals surface area (Å²) >= 11 is 1.12. The van der Waals surface area contributed by atoms with Crippen LogP contribution in [0.2, 0.25) is 0 Å². The number of rotatable bonds is 4. The van der Waals surface area contributed by atoms with Crippen LogP contribution >= 0.6 is 11.3 Å². The van der Waals surface area contributed by atoms with Crippen LogP contribution in [0.1, 0.15) is 17.3 Å². The van der Waals surface area contributed by atoms with Gasteiger partial charge in [-0.15, -0.1) is 11.3 Å². The molecule has 0 atom stereocenters. The van der Waals surface area contributed by atoms with Crippen molar-refractivity contribution < 1.29 is 14.4 Å². The van der Waals surface area contributed by atoms with Gasteiger partial charge in [0.25, 0.3) is 5.91 Å². The number of thiophene rings is 1. The van der Waals surface area contributed by atoms with E-state index < -0.39 is 11.9 Å². The number of nitrogens with zero attached hydrogens (tertiary/aromatic N) is 4. The summed E-state index contributed by atoms with van der Waals surface area (Å²) < 4.78 is 0. The fraction of sp³-hybridized carbons (Fsp3) is 0.312. The van der Waals surface area contributed by atoms with Gasteiger partial charge in [-0.1, -0.05) is 0 Å². The Hall–Kier alpha value is -3.21. The van der Waals surface area contributed by atoms with E-state index in [1.165, 1.54) is 6.07 Å². The topological polar surface area (TPSA) is 148 Å². The molecule has 2 aromatic rings. The zero-order chi connectivity index (χ0) is 19.6. The number of aromatic nitrogens is 2. The van der Waals surface area contributed by atoms with E-state index >= 15 is 0 Å². The Morgan fingerprint density at radius 3 is 2.26 bits per heavy atom. The Morgan fingerprint density at radius 2 is 1.74 bits per heavy atom. The van der Waals surface area contributed by atoms with Gasteiger partial charge in [0.05, 0.1) is 28.5 Å². The molecule has 27 heavy (non-hydrogen) atoms. The van der Waals surface area contributed by atoms with Crippen molar-refractivity contribution >= 4 is 39.9 Å². The first-order valence-electron chi connectivity index (χ1n) is 8.18. The second kappa shape index (κ2) is 7.58. The van der Waals surface area contributed by atoms with E-state index in [1.54, 1.807) is 24.2 Å². The molecule has 1 aliphatic rings. The first-order valence-corrected chi connectivity index (χ1v) is 8.99. The van der Waals surface area contributed by atoms with Crippen LogP contribution in [0.4, 0.5) is 15.5 Å². The van der Waals surface area contributed by atoms with Gasteiger partial charge < -0.3 is 21.3 Å². The Labute approximate surface area is 159 Å². The number of piperazine rings is 1. The number of amides is 4. The maximum absolute atomic E-state index is 11.5. The number of nitrogens with one attached hydrogen (secondary N) is 1. The van der Waals surface area contributed by atoms with E-state index in [0.29, 0.717) is 36.9 Å².